The highest BCUT2D eigenvalue weighted by atomic mass is 32.1. The third kappa shape index (κ3) is 5.60. The molecular weight excluding hydrogens is 524 g/mol. The van der Waals surface area contributed by atoms with Gasteiger partial charge in [-0.25, -0.2) is 4.79 Å². The van der Waals surface area contributed by atoms with Crippen molar-refractivity contribution in [3.63, 3.8) is 0 Å². The van der Waals surface area contributed by atoms with Crippen molar-refractivity contribution < 1.29 is 18.7 Å². The molecule has 2 N–H and O–H groups in total. The Balaban J connectivity index is 1.43. The molecule has 2 atom stereocenters. The zero-order valence-corrected chi connectivity index (χ0v) is 23.3. The summed E-state index contributed by atoms with van der Waals surface area (Å²) in [5.41, 5.74) is 4.71. The van der Waals surface area contributed by atoms with Crippen LogP contribution < -0.4 is 10.6 Å². The lowest BCUT2D eigenvalue weighted by Gasteiger charge is -2.26. The number of hydrogen-bond acceptors (Lipinski definition) is 6. The van der Waals surface area contributed by atoms with E-state index in [9.17, 15) is 9.59 Å². The van der Waals surface area contributed by atoms with Crippen LogP contribution in [0.4, 0.5) is 5.69 Å². The summed E-state index contributed by atoms with van der Waals surface area (Å²) in [5.74, 6) is 0.609. The maximum Gasteiger partial charge on any atom is 0.338 e. The molecule has 1 aliphatic rings. The Hall–Kier alpha value is -4.50. The summed E-state index contributed by atoms with van der Waals surface area (Å²) in [5, 5.41) is 6.91. The number of nitrogens with zero attached hydrogens (tertiary/aromatic N) is 2. The summed E-state index contributed by atoms with van der Waals surface area (Å²) in [6, 6.07) is 21.9. The summed E-state index contributed by atoms with van der Waals surface area (Å²) in [7, 11) is 1.35. The van der Waals surface area contributed by atoms with Crippen molar-refractivity contribution in [2.75, 3.05) is 19.0 Å². The van der Waals surface area contributed by atoms with Crippen LogP contribution in [0.3, 0.4) is 0 Å². The molecule has 1 aliphatic heterocycles. The molecule has 1 fully saturated rings. The molecule has 1 saturated heterocycles. The second kappa shape index (κ2) is 11.7. The summed E-state index contributed by atoms with van der Waals surface area (Å²) in [6.45, 7) is 4.33. The van der Waals surface area contributed by atoms with E-state index < -0.39 is 5.97 Å². The lowest BCUT2D eigenvalue weighted by molar-refractivity contribution is -0.116. The number of hydrogen-bond donors (Lipinski definition) is 2. The smallest absolute Gasteiger partial charge is 0.338 e. The Morgan fingerprint density at radius 1 is 1.07 bits per heavy atom. The first-order valence-corrected chi connectivity index (χ1v) is 13.4. The molecule has 0 spiro atoms. The Labute approximate surface area is 238 Å². The third-order valence-electron chi connectivity index (χ3n) is 6.96. The van der Waals surface area contributed by atoms with E-state index in [-0.39, 0.29) is 24.4 Å². The van der Waals surface area contributed by atoms with Gasteiger partial charge in [-0.15, -0.1) is 0 Å². The average Bonchev–Trinajstić information content (AvgIpc) is 3.58. The number of rotatable bonds is 8. The van der Waals surface area contributed by atoms with E-state index in [0.717, 1.165) is 22.5 Å². The van der Waals surface area contributed by atoms with Crippen LogP contribution in [0.15, 0.2) is 83.4 Å². The number of anilines is 1. The van der Waals surface area contributed by atoms with Gasteiger partial charge in [-0.05, 0) is 73.6 Å². The normalized spacial score (nSPS) is 16.5. The average molecular weight is 555 g/mol. The van der Waals surface area contributed by atoms with E-state index in [1.807, 2.05) is 79.4 Å². The van der Waals surface area contributed by atoms with E-state index in [1.54, 1.807) is 18.3 Å². The molecule has 0 bridgehead atoms. The molecule has 2 aromatic carbocycles. The molecule has 8 nitrogen and oxygen atoms in total. The zero-order chi connectivity index (χ0) is 28.2. The molecular formula is C31H30N4O4S. The Morgan fingerprint density at radius 3 is 2.65 bits per heavy atom. The summed E-state index contributed by atoms with van der Waals surface area (Å²) >= 11 is 5.74. The number of furan rings is 1. The predicted octanol–water partition coefficient (Wildman–Crippen LogP) is 5.75. The first kappa shape index (κ1) is 27.1. The fourth-order valence-corrected chi connectivity index (χ4v) is 5.23. The van der Waals surface area contributed by atoms with Gasteiger partial charge in [-0.1, -0.05) is 36.4 Å². The second-order valence-corrected chi connectivity index (χ2v) is 10.1. The molecule has 0 saturated carbocycles. The number of esters is 1. The summed E-state index contributed by atoms with van der Waals surface area (Å²) < 4.78 is 11.3. The van der Waals surface area contributed by atoms with Crippen molar-refractivity contribution in [2.24, 2.45) is 0 Å². The minimum atomic E-state index is -0.444. The highest BCUT2D eigenvalue weighted by molar-refractivity contribution is 7.80. The van der Waals surface area contributed by atoms with E-state index in [4.69, 9.17) is 21.4 Å². The Kier molecular flexibility index (Phi) is 7.93. The fourth-order valence-electron chi connectivity index (χ4n) is 4.90. The van der Waals surface area contributed by atoms with Gasteiger partial charge in [0.05, 0.1) is 24.4 Å². The van der Waals surface area contributed by atoms with Crippen molar-refractivity contribution in [3.8, 4) is 11.3 Å². The van der Waals surface area contributed by atoms with Crippen LogP contribution in [-0.4, -0.2) is 40.5 Å². The number of carbonyl (C=O) groups is 2. The molecule has 1 amide bonds. The van der Waals surface area contributed by atoms with Crippen LogP contribution >= 0.6 is 12.2 Å². The number of nitrogens with one attached hydrogen (secondary N) is 2. The maximum atomic E-state index is 13.0. The van der Waals surface area contributed by atoms with Crippen LogP contribution in [0.5, 0.6) is 0 Å². The van der Waals surface area contributed by atoms with Crippen LogP contribution in [0.25, 0.3) is 11.3 Å². The van der Waals surface area contributed by atoms with Crippen molar-refractivity contribution in [1.29, 1.82) is 0 Å². The SMILES string of the molecule is COC(=O)c1ccccc1-c1ccc([C@H]2[C@H](c3ccccn3)NC(=S)N2CCC(=O)Nc2cc(C)ccc2C)o1. The van der Waals surface area contributed by atoms with Gasteiger partial charge in [0.25, 0.3) is 0 Å². The van der Waals surface area contributed by atoms with Gasteiger partial charge in [0, 0.05) is 30.4 Å². The summed E-state index contributed by atoms with van der Waals surface area (Å²) in [6.07, 6.45) is 1.96. The van der Waals surface area contributed by atoms with Crippen molar-refractivity contribution in [2.45, 2.75) is 32.4 Å². The van der Waals surface area contributed by atoms with E-state index in [1.165, 1.54) is 7.11 Å². The Bertz CT molecular complexity index is 1550. The molecule has 0 aliphatic carbocycles. The first-order chi connectivity index (χ1) is 19.4. The number of methoxy groups -OCH3 is 1. The minimum absolute atomic E-state index is 0.108. The molecule has 204 valence electrons. The van der Waals surface area contributed by atoms with Crippen molar-refractivity contribution in [1.82, 2.24) is 15.2 Å². The summed E-state index contributed by atoms with van der Waals surface area (Å²) in [4.78, 5) is 31.9. The lowest BCUT2D eigenvalue weighted by Crippen LogP contribution is -2.32. The lowest BCUT2D eigenvalue weighted by atomic mass is 10.0. The maximum absolute atomic E-state index is 13.0. The Morgan fingerprint density at radius 2 is 1.88 bits per heavy atom. The van der Waals surface area contributed by atoms with Crippen molar-refractivity contribution in [3.05, 3.63) is 107 Å². The van der Waals surface area contributed by atoms with Crippen LogP contribution in [-0.2, 0) is 9.53 Å². The molecule has 4 aromatic rings. The number of carbonyl (C=O) groups excluding carboxylic acids is 2. The monoisotopic (exact) mass is 554 g/mol. The van der Waals surface area contributed by atoms with Crippen LogP contribution in [0.1, 0.15) is 51.4 Å². The third-order valence-corrected chi connectivity index (χ3v) is 7.31. The number of pyridine rings is 1. The van der Waals surface area contributed by atoms with Gasteiger partial charge >= 0.3 is 5.97 Å². The van der Waals surface area contributed by atoms with Crippen molar-refractivity contribution >= 4 is 34.9 Å². The second-order valence-electron chi connectivity index (χ2n) is 9.68. The number of aryl methyl sites for hydroxylation is 2. The first-order valence-electron chi connectivity index (χ1n) is 13.0. The molecule has 0 unspecified atom stereocenters. The quantitative estimate of drug-likeness (QED) is 0.210. The topological polar surface area (TPSA) is 96.7 Å². The number of thiocarbonyl (C=S) groups is 1. The van der Waals surface area contributed by atoms with Gasteiger partial charge < -0.3 is 24.7 Å². The van der Waals surface area contributed by atoms with Gasteiger partial charge in [0.1, 0.15) is 17.6 Å². The van der Waals surface area contributed by atoms with Gasteiger partial charge in [-0.2, -0.15) is 0 Å². The van der Waals surface area contributed by atoms with Gasteiger partial charge in [0.2, 0.25) is 5.91 Å². The molecule has 5 rings (SSSR count). The van der Waals surface area contributed by atoms with E-state index in [2.05, 4.69) is 15.6 Å². The standard InChI is InChI=1S/C31H30N4O4S/c1-19-11-12-20(2)24(18-19)33-27(36)15-17-35-29(28(34-31(35)40)23-10-6-7-16-32-23)26-14-13-25(39-26)21-8-4-5-9-22(21)30(37)38-3/h4-14,16,18,28-29H,15,17H2,1-3H3,(H,33,36)(H,34,40)/t28-,29-/m0/s1. The number of aromatic nitrogens is 1. The highest BCUT2D eigenvalue weighted by Crippen LogP contribution is 2.41. The zero-order valence-electron chi connectivity index (χ0n) is 22.5. The van der Waals surface area contributed by atoms with Crippen LogP contribution in [0, 0.1) is 13.8 Å². The molecule has 9 heteroatoms. The molecule has 2 aromatic heterocycles. The molecule has 0 radical (unpaired) electrons. The highest BCUT2D eigenvalue weighted by Gasteiger charge is 2.41. The van der Waals surface area contributed by atoms with Gasteiger partial charge in [-0.3, -0.25) is 9.78 Å². The fraction of sp³-hybridized carbons (Fsp3) is 0.226. The predicted molar refractivity (Wildman–Crippen MR) is 157 cm³/mol. The number of ether oxygens (including phenoxy) is 1. The minimum Gasteiger partial charge on any atom is -0.465 e. The van der Waals surface area contributed by atoms with Gasteiger partial charge in [0.15, 0.2) is 5.11 Å². The molecule has 40 heavy (non-hydrogen) atoms. The number of amides is 1. The largest absolute Gasteiger partial charge is 0.465 e. The molecule has 3 heterocycles. The number of benzene rings is 2. The van der Waals surface area contributed by atoms with E-state index in [0.29, 0.717) is 34.3 Å². The van der Waals surface area contributed by atoms with E-state index >= 15 is 0 Å². The van der Waals surface area contributed by atoms with Crippen LogP contribution in [0.2, 0.25) is 0 Å².